The molecule has 0 bridgehead atoms. The normalized spacial score (nSPS) is 10.6. The Hall–Kier alpha value is -2.53. The SMILES string of the molecule is Cc1csc(-c2ccc(CNC(=O)Cc3ccc(F)cc3)cc2)n1. The number of carbonyl (C=O) groups is 1. The third kappa shape index (κ3) is 4.26. The fraction of sp³-hybridized carbons (Fsp3) is 0.158. The third-order valence-corrected chi connectivity index (χ3v) is 4.60. The second-order valence-corrected chi connectivity index (χ2v) is 6.43. The van der Waals surface area contributed by atoms with Crippen molar-refractivity contribution in [1.29, 1.82) is 0 Å². The Morgan fingerprint density at radius 3 is 2.38 bits per heavy atom. The molecule has 3 aromatic rings. The van der Waals surface area contributed by atoms with E-state index >= 15 is 0 Å². The first-order valence-electron chi connectivity index (χ1n) is 7.63. The van der Waals surface area contributed by atoms with E-state index in [0.29, 0.717) is 6.54 Å². The number of nitrogens with one attached hydrogen (secondary N) is 1. The molecule has 0 saturated heterocycles. The van der Waals surface area contributed by atoms with E-state index in [1.807, 2.05) is 36.6 Å². The molecule has 3 rings (SSSR count). The first-order chi connectivity index (χ1) is 11.6. The minimum absolute atomic E-state index is 0.0822. The van der Waals surface area contributed by atoms with E-state index < -0.39 is 0 Å². The zero-order valence-corrected chi connectivity index (χ0v) is 14.1. The number of thiazole rings is 1. The molecule has 1 heterocycles. The van der Waals surface area contributed by atoms with Gasteiger partial charge in [-0.15, -0.1) is 11.3 Å². The lowest BCUT2D eigenvalue weighted by Crippen LogP contribution is -2.24. The quantitative estimate of drug-likeness (QED) is 0.759. The Labute approximate surface area is 144 Å². The summed E-state index contributed by atoms with van der Waals surface area (Å²) in [7, 11) is 0. The van der Waals surface area contributed by atoms with E-state index in [4.69, 9.17) is 0 Å². The molecular formula is C19H17FN2OS. The summed E-state index contributed by atoms with van der Waals surface area (Å²) < 4.78 is 12.8. The summed E-state index contributed by atoms with van der Waals surface area (Å²) >= 11 is 1.62. The van der Waals surface area contributed by atoms with Crippen molar-refractivity contribution >= 4 is 17.2 Å². The Morgan fingerprint density at radius 1 is 1.08 bits per heavy atom. The van der Waals surface area contributed by atoms with E-state index in [2.05, 4.69) is 10.3 Å². The maximum atomic E-state index is 12.8. The summed E-state index contributed by atoms with van der Waals surface area (Å²) in [6, 6.07) is 14.0. The van der Waals surface area contributed by atoms with Gasteiger partial charge in [0.2, 0.25) is 5.91 Å². The zero-order chi connectivity index (χ0) is 16.9. The van der Waals surface area contributed by atoms with Gasteiger partial charge in [0, 0.05) is 23.2 Å². The average Bonchev–Trinajstić information content (AvgIpc) is 3.02. The van der Waals surface area contributed by atoms with Crippen LogP contribution in [-0.2, 0) is 17.8 Å². The molecule has 1 N–H and O–H groups in total. The van der Waals surface area contributed by atoms with Crippen molar-refractivity contribution in [3.05, 3.63) is 76.5 Å². The van der Waals surface area contributed by atoms with Gasteiger partial charge in [-0.2, -0.15) is 0 Å². The highest BCUT2D eigenvalue weighted by Crippen LogP contribution is 2.23. The average molecular weight is 340 g/mol. The lowest BCUT2D eigenvalue weighted by Gasteiger charge is -2.06. The van der Waals surface area contributed by atoms with Crippen molar-refractivity contribution in [3.63, 3.8) is 0 Å². The van der Waals surface area contributed by atoms with Crippen LogP contribution in [0, 0.1) is 12.7 Å². The second-order valence-electron chi connectivity index (χ2n) is 5.57. The van der Waals surface area contributed by atoms with Gasteiger partial charge in [-0.1, -0.05) is 36.4 Å². The zero-order valence-electron chi connectivity index (χ0n) is 13.3. The number of rotatable bonds is 5. The molecule has 0 unspecified atom stereocenters. The summed E-state index contributed by atoms with van der Waals surface area (Å²) in [4.78, 5) is 16.4. The number of hydrogen-bond donors (Lipinski definition) is 1. The van der Waals surface area contributed by atoms with Gasteiger partial charge in [-0.05, 0) is 30.2 Å². The standard InChI is InChI=1S/C19H17FN2OS/c1-13-12-24-19(22-13)16-6-2-15(3-7-16)11-21-18(23)10-14-4-8-17(20)9-5-14/h2-9,12H,10-11H2,1H3,(H,21,23). The molecule has 0 radical (unpaired) electrons. The van der Waals surface area contributed by atoms with Gasteiger partial charge in [0.1, 0.15) is 10.8 Å². The molecule has 0 spiro atoms. The summed E-state index contributed by atoms with van der Waals surface area (Å²) in [5.74, 6) is -0.379. The minimum atomic E-state index is -0.297. The van der Waals surface area contributed by atoms with Crippen molar-refractivity contribution in [2.75, 3.05) is 0 Å². The van der Waals surface area contributed by atoms with E-state index in [0.717, 1.165) is 27.4 Å². The van der Waals surface area contributed by atoms with Crippen LogP contribution < -0.4 is 5.32 Å². The highest BCUT2D eigenvalue weighted by Gasteiger charge is 2.05. The molecular weight excluding hydrogens is 323 g/mol. The highest BCUT2D eigenvalue weighted by molar-refractivity contribution is 7.13. The summed E-state index contributed by atoms with van der Waals surface area (Å²) in [5, 5.41) is 5.91. The van der Waals surface area contributed by atoms with Crippen molar-refractivity contribution in [2.45, 2.75) is 19.9 Å². The van der Waals surface area contributed by atoms with Gasteiger partial charge in [-0.3, -0.25) is 4.79 Å². The van der Waals surface area contributed by atoms with Crippen molar-refractivity contribution in [1.82, 2.24) is 10.3 Å². The minimum Gasteiger partial charge on any atom is -0.352 e. The molecule has 0 aliphatic rings. The van der Waals surface area contributed by atoms with E-state index in [-0.39, 0.29) is 18.1 Å². The van der Waals surface area contributed by atoms with E-state index in [9.17, 15) is 9.18 Å². The van der Waals surface area contributed by atoms with Gasteiger partial charge in [0.05, 0.1) is 6.42 Å². The summed E-state index contributed by atoms with van der Waals surface area (Å²) in [6.07, 6.45) is 0.247. The fourth-order valence-corrected chi connectivity index (χ4v) is 3.11. The molecule has 2 aromatic carbocycles. The number of amides is 1. The van der Waals surface area contributed by atoms with Gasteiger partial charge in [-0.25, -0.2) is 9.37 Å². The molecule has 0 fully saturated rings. The smallest absolute Gasteiger partial charge is 0.224 e. The number of nitrogens with zero attached hydrogens (tertiary/aromatic N) is 1. The third-order valence-electron chi connectivity index (χ3n) is 3.59. The molecule has 1 aromatic heterocycles. The number of halogens is 1. The Bertz CT molecular complexity index is 825. The first-order valence-corrected chi connectivity index (χ1v) is 8.51. The molecule has 0 saturated carbocycles. The van der Waals surface area contributed by atoms with Gasteiger partial charge < -0.3 is 5.32 Å². The van der Waals surface area contributed by atoms with Crippen LogP contribution in [0.2, 0.25) is 0 Å². The Balaban J connectivity index is 1.54. The van der Waals surface area contributed by atoms with Crippen molar-refractivity contribution in [3.8, 4) is 10.6 Å². The summed E-state index contributed by atoms with van der Waals surface area (Å²) in [5.41, 5.74) is 3.92. The van der Waals surface area contributed by atoms with Crippen molar-refractivity contribution in [2.24, 2.45) is 0 Å². The number of carbonyl (C=O) groups excluding carboxylic acids is 1. The van der Waals surface area contributed by atoms with Crippen LogP contribution in [0.3, 0.4) is 0 Å². The molecule has 0 atom stereocenters. The van der Waals surface area contributed by atoms with Crippen LogP contribution in [0.25, 0.3) is 10.6 Å². The molecule has 0 aliphatic heterocycles. The van der Waals surface area contributed by atoms with Crippen LogP contribution >= 0.6 is 11.3 Å². The topological polar surface area (TPSA) is 42.0 Å². The van der Waals surface area contributed by atoms with Crippen LogP contribution in [0.4, 0.5) is 4.39 Å². The largest absolute Gasteiger partial charge is 0.352 e. The Morgan fingerprint density at radius 2 is 1.75 bits per heavy atom. The maximum Gasteiger partial charge on any atom is 0.224 e. The van der Waals surface area contributed by atoms with Gasteiger partial charge in [0.25, 0.3) is 0 Å². The number of hydrogen-bond acceptors (Lipinski definition) is 3. The second kappa shape index (κ2) is 7.36. The number of aryl methyl sites for hydroxylation is 1. The molecule has 24 heavy (non-hydrogen) atoms. The van der Waals surface area contributed by atoms with Crippen molar-refractivity contribution < 1.29 is 9.18 Å². The number of benzene rings is 2. The predicted molar refractivity (Wildman–Crippen MR) is 94.2 cm³/mol. The summed E-state index contributed by atoms with van der Waals surface area (Å²) in [6.45, 7) is 2.45. The molecule has 3 nitrogen and oxygen atoms in total. The van der Waals surface area contributed by atoms with Gasteiger partial charge in [0.15, 0.2) is 0 Å². The molecule has 122 valence electrons. The molecule has 1 amide bonds. The van der Waals surface area contributed by atoms with Crippen LogP contribution in [0.15, 0.2) is 53.9 Å². The van der Waals surface area contributed by atoms with Crippen LogP contribution in [-0.4, -0.2) is 10.9 Å². The van der Waals surface area contributed by atoms with Crippen LogP contribution in [0.5, 0.6) is 0 Å². The number of aromatic nitrogens is 1. The van der Waals surface area contributed by atoms with E-state index in [1.165, 1.54) is 12.1 Å². The fourth-order valence-electron chi connectivity index (χ4n) is 2.30. The van der Waals surface area contributed by atoms with E-state index in [1.54, 1.807) is 23.5 Å². The van der Waals surface area contributed by atoms with Crippen LogP contribution in [0.1, 0.15) is 16.8 Å². The maximum absolute atomic E-state index is 12.8. The predicted octanol–water partition coefficient (Wildman–Crippen LogP) is 4.12. The first kappa shape index (κ1) is 16.3. The monoisotopic (exact) mass is 340 g/mol. The lowest BCUT2D eigenvalue weighted by molar-refractivity contribution is -0.120. The highest BCUT2D eigenvalue weighted by atomic mass is 32.1. The Kier molecular flexibility index (Phi) is 5.01. The molecule has 0 aliphatic carbocycles. The van der Waals surface area contributed by atoms with Gasteiger partial charge >= 0.3 is 0 Å². The molecule has 5 heteroatoms. The lowest BCUT2D eigenvalue weighted by atomic mass is 10.1.